The van der Waals surface area contributed by atoms with Crippen molar-refractivity contribution in [3.8, 4) is 0 Å². The Hall–Kier alpha value is -1.91. The molecule has 0 radical (unpaired) electrons. The number of hydrogen-bond donors (Lipinski definition) is 1. The molecule has 1 saturated carbocycles. The fourth-order valence-corrected chi connectivity index (χ4v) is 4.12. The van der Waals surface area contributed by atoms with E-state index in [9.17, 15) is 22.8 Å². The average Bonchev–Trinajstić information content (AvgIpc) is 3.31. The fourth-order valence-electron chi connectivity index (χ4n) is 3.35. The highest BCUT2D eigenvalue weighted by molar-refractivity contribution is 7.15. The Morgan fingerprint density at radius 1 is 1.07 bits per heavy atom. The average molecular weight is 405 g/mol. The number of hydrogen-bond acceptors (Lipinski definition) is 6. The first-order valence-electron chi connectivity index (χ1n) is 9.06. The van der Waals surface area contributed by atoms with Crippen molar-refractivity contribution >= 4 is 28.3 Å². The number of nitrogens with zero attached hydrogens (tertiary/aromatic N) is 4. The highest BCUT2D eigenvalue weighted by Crippen LogP contribution is 2.34. The maximum atomic E-state index is 12.6. The van der Waals surface area contributed by atoms with E-state index < -0.39 is 11.2 Å². The molecular weight excluding hydrogens is 383 g/mol. The van der Waals surface area contributed by atoms with Gasteiger partial charge in [-0.1, -0.05) is 24.2 Å². The minimum Gasteiger partial charge on any atom is -0.353 e. The van der Waals surface area contributed by atoms with E-state index >= 15 is 0 Å². The summed E-state index contributed by atoms with van der Waals surface area (Å²) in [5, 5.41) is 8.99. The van der Waals surface area contributed by atoms with Gasteiger partial charge in [0.1, 0.15) is 0 Å². The third-order valence-electron chi connectivity index (χ3n) is 4.85. The normalized spacial score (nSPS) is 18.8. The molecule has 1 aromatic heterocycles. The van der Waals surface area contributed by atoms with Crippen molar-refractivity contribution in [3.63, 3.8) is 0 Å². The van der Waals surface area contributed by atoms with Crippen molar-refractivity contribution in [2.75, 3.05) is 31.1 Å². The quantitative estimate of drug-likeness (QED) is 0.811. The van der Waals surface area contributed by atoms with Gasteiger partial charge in [0, 0.05) is 45.1 Å². The lowest BCUT2D eigenvalue weighted by Gasteiger charge is -2.34. The summed E-state index contributed by atoms with van der Waals surface area (Å²) in [7, 11) is 0. The first-order valence-corrected chi connectivity index (χ1v) is 9.87. The van der Waals surface area contributed by atoms with Gasteiger partial charge in [-0.05, 0) is 12.8 Å². The van der Waals surface area contributed by atoms with Gasteiger partial charge in [-0.25, -0.2) is 0 Å². The van der Waals surface area contributed by atoms with Crippen LogP contribution in [0.3, 0.4) is 0 Å². The van der Waals surface area contributed by atoms with Crippen LogP contribution in [0.2, 0.25) is 0 Å². The van der Waals surface area contributed by atoms with Gasteiger partial charge in [-0.15, -0.1) is 10.2 Å². The predicted molar refractivity (Wildman–Crippen MR) is 93.3 cm³/mol. The first kappa shape index (κ1) is 19.8. The molecule has 0 atom stereocenters. The van der Waals surface area contributed by atoms with Gasteiger partial charge in [-0.2, -0.15) is 13.2 Å². The first-order chi connectivity index (χ1) is 12.8. The number of aromatic nitrogens is 2. The summed E-state index contributed by atoms with van der Waals surface area (Å²) < 4.78 is 37.9. The zero-order valence-corrected chi connectivity index (χ0v) is 15.6. The second-order valence-corrected chi connectivity index (χ2v) is 7.76. The Kier molecular flexibility index (Phi) is 6.18. The zero-order valence-electron chi connectivity index (χ0n) is 14.8. The number of carbonyl (C=O) groups is 2. The number of amides is 2. The molecule has 3 rings (SSSR count). The third kappa shape index (κ3) is 5.30. The Bertz CT molecular complexity index is 667. The summed E-state index contributed by atoms with van der Waals surface area (Å²) in [6.07, 6.45) is 0.0936. The van der Waals surface area contributed by atoms with Gasteiger partial charge in [0.05, 0.1) is 0 Å². The smallest absolute Gasteiger partial charge is 0.353 e. The van der Waals surface area contributed by atoms with Crippen LogP contribution in [0.25, 0.3) is 0 Å². The van der Waals surface area contributed by atoms with Crippen LogP contribution in [0.4, 0.5) is 18.3 Å². The third-order valence-corrected chi connectivity index (χ3v) is 5.87. The van der Waals surface area contributed by atoms with E-state index in [4.69, 9.17) is 0 Å². The lowest BCUT2D eigenvalue weighted by atomic mass is 10.2. The summed E-state index contributed by atoms with van der Waals surface area (Å²) in [5.41, 5.74) is 0. The lowest BCUT2D eigenvalue weighted by molar-refractivity contribution is -0.138. The Morgan fingerprint density at radius 2 is 1.74 bits per heavy atom. The lowest BCUT2D eigenvalue weighted by Crippen LogP contribution is -2.49. The van der Waals surface area contributed by atoms with Crippen molar-refractivity contribution in [2.45, 2.75) is 50.7 Å². The monoisotopic (exact) mass is 405 g/mol. The van der Waals surface area contributed by atoms with E-state index in [0.717, 1.165) is 25.7 Å². The molecule has 2 aliphatic rings. The number of rotatable bonds is 5. The Morgan fingerprint density at radius 3 is 2.33 bits per heavy atom. The van der Waals surface area contributed by atoms with Gasteiger partial charge in [0.15, 0.2) is 0 Å². The van der Waals surface area contributed by atoms with Gasteiger partial charge < -0.3 is 15.1 Å². The summed E-state index contributed by atoms with van der Waals surface area (Å²) in [6.45, 7) is 1.58. The standard InChI is InChI=1S/C16H22F3N5O2S/c17-16(18,19)14-21-22-15(27-14)24-9-7-23(8-10-24)13(26)6-5-12(25)20-11-3-1-2-4-11/h11H,1-10H2,(H,20,25). The minimum absolute atomic E-state index is 0.0950. The molecule has 2 amide bonds. The zero-order chi connectivity index (χ0) is 19.4. The van der Waals surface area contributed by atoms with Crippen LogP contribution < -0.4 is 10.2 Å². The SMILES string of the molecule is O=C(CCC(=O)N1CCN(c2nnc(C(F)(F)F)s2)CC1)NC1CCCC1. The molecule has 0 spiro atoms. The molecular formula is C16H22F3N5O2S. The van der Waals surface area contributed by atoms with Crippen molar-refractivity contribution in [3.05, 3.63) is 5.01 Å². The number of halogens is 3. The Labute approximate surface area is 158 Å². The molecule has 1 saturated heterocycles. The summed E-state index contributed by atoms with van der Waals surface area (Å²) in [4.78, 5) is 27.5. The summed E-state index contributed by atoms with van der Waals surface area (Å²) in [6, 6.07) is 0.240. The number of anilines is 1. The van der Waals surface area contributed by atoms with Gasteiger partial charge >= 0.3 is 6.18 Å². The van der Waals surface area contributed by atoms with Crippen molar-refractivity contribution in [1.82, 2.24) is 20.4 Å². The molecule has 2 fully saturated rings. The van der Waals surface area contributed by atoms with Crippen LogP contribution in [0.15, 0.2) is 0 Å². The molecule has 0 aromatic carbocycles. The number of carbonyl (C=O) groups excluding carboxylic acids is 2. The highest BCUT2D eigenvalue weighted by atomic mass is 32.1. The Balaban J connectivity index is 1.41. The van der Waals surface area contributed by atoms with E-state index in [2.05, 4.69) is 15.5 Å². The minimum atomic E-state index is -4.49. The molecule has 1 aliphatic heterocycles. The van der Waals surface area contributed by atoms with Crippen molar-refractivity contribution in [2.24, 2.45) is 0 Å². The largest absolute Gasteiger partial charge is 0.445 e. The number of alkyl halides is 3. The van der Waals surface area contributed by atoms with Crippen LogP contribution in [0.1, 0.15) is 43.5 Å². The molecule has 150 valence electrons. The highest BCUT2D eigenvalue weighted by Gasteiger charge is 2.36. The van der Waals surface area contributed by atoms with Crippen LogP contribution in [-0.4, -0.2) is 59.1 Å². The topological polar surface area (TPSA) is 78.4 Å². The molecule has 1 aromatic rings. The van der Waals surface area contributed by atoms with Crippen LogP contribution in [0, 0.1) is 0 Å². The predicted octanol–water partition coefficient (Wildman–Crippen LogP) is 2.04. The van der Waals surface area contributed by atoms with Gasteiger partial charge in [-0.3, -0.25) is 9.59 Å². The molecule has 1 aliphatic carbocycles. The molecule has 1 N–H and O–H groups in total. The van der Waals surface area contributed by atoms with Crippen LogP contribution >= 0.6 is 11.3 Å². The molecule has 11 heteroatoms. The number of piperazine rings is 1. The van der Waals surface area contributed by atoms with Crippen LogP contribution in [0.5, 0.6) is 0 Å². The molecule has 0 unspecified atom stereocenters. The van der Waals surface area contributed by atoms with Gasteiger partial charge in [0.2, 0.25) is 22.0 Å². The van der Waals surface area contributed by atoms with Crippen LogP contribution in [-0.2, 0) is 15.8 Å². The number of nitrogens with one attached hydrogen (secondary N) is 1. The second kappa shape index (κ2) is 8.41. The molecule has 27 heavy (non-hydrogen) atoms. The fraction of sp³-hybridized carbons (Fsp3) is 0.750. The second-order valence-electron chi connectivity index (χ2n) is 6.80. The maximum Gasteiger partial charge on any atom is 0.445 e. The molecule has 7 nitrogen and oxygen atoms in total. The van der Waals surface area contributed by atoms with E-state index in [1.807, 2.05) is 0 Å². The molecule has 0 bridgehead atoms. The van der Waals surface area contributed by atoms with E-state index in [1.54, 1.807) is 9.80 Å². The maximum absolute atomic E-state index is 12.6. The van der Waals surface area contributed by atoms with Crippen molar-refractivity contribution in [1.29, 1.82) is 0 Å². The van der Waals surface area contributed by atoms with Gasteiger partial charge in [0.25, 0.3) is 0 Å². The summed E-state index contributed by atoms with van der Waals surface area (Å²) in [5.74, 6) is -0.202. The summed E-state index contributed by atoms with van der Waals surface area (Å²) >= 11 is 0.507. The molecule has 2 heterocycles. The van der Waals surface area contributed by atoms with Crippen molar-refractivity contribution < 1.29 is 22.8 Å². The van der Waals surface area contributed by atoms with E-state index in [0.29, 0.717) is 37.5 Å². The van der Waals surface area contributed by atoms with E-state index in [-0.39, 0.29) is 35.8 Å². The van der Waals surface area contributed by atoms with E-state index in [1.165, 1.54) is 0 Å².